The highest BCUT2D eigenvalue weighted by molar-refractivity contribution is 7.80. The zero-order valence-electron chi connectivity index (χ0n) is 14.4. The Morgan fingerprint density at radius 3 is 1.96 bits per heavy atom. The van der Waals surface area contributed by atoms with E-state index in [1.54, 1.807) is 0 Å². The lowest BCUT2D eigenvalue weighted by Crippen LogP contribution is -2.61. The Hall–Kier alpha value is -1.30. The molecule has 1 aliphatic carbocycles. The Balaban J connectivity index is 2.25. The molecule has 1 aliphatic heterocycles. The maximum atomic E-state index is 12.7. The van der Waals surface area contributed by atoms with Gasteiger partial charge in [0.2, 0.25) is 11.8 Å². The first kappa shape index (κ1) is 18.0. The third kappa shape index (κ3) is 3.79. The summed E-state index contributed by atoms with van der Waals surface area (Å²) in [7, 11) is 0. The molecule has 1 saturated heterocycles. The maximum absolute atomic E-state index is 12.7. The predicted octanol–water partition coefficient (Wildman–Crippen LogP) is 2.78. The molecule has 23 heavy (non-hydrogen) atoms. The summed E-state index contributed by atoms with van der Waals surface area (Å²) >= 11 is 5.29. The Bertz CT molecular complexity index is 484. The number of hydrogen-bond acceptors (Lipinski definition) is 4. The Morgan fingerprint density at radius 1 is 1.04 bits per heavy atom. The molecule has 5 nitrogen and oxygen atoms in total. The quantitative estimate of drug-likeness (QED) is 0.343. The van der Waals surface area contributed by atoms with E-state index in [0.717, 1.165) is 12.8 Å². The summed E-state index contributed by atoms with van der Waals surface area (Å²) in [5, 5.41) is 0.323. The lowest BCUT2D eigenvalue weighted by molar-refractivity contribution is -0.143. The van der Waals surface area contributed by atoms with Crippen LogP contribution in [-0.4, -0.2) is 51.6 Å². The first-order valence-corrected chi connectivity index (χ1v) is 9.13. The first-order chi connectivity index (χ1) is 11.0. The van der Waals surface area contributed by atoms with E-state index in [9.17, 15) is 9.59 Å². The fraction of sp³-hybridized carbons (Fsp3) is 0.765. The average Bonchev–Trinajstić information content (AvgIpc) is 2.76. The van der Waals surface area contributed by atoms with Gasteiger partial charge in [-0.3, -0.25) is 24.4 Å². The van der Waals surface area contributed by atoms with Crippen LogP contribution in [0.25, 0.3) is 0 Å². The molecule has 6 heteroatoms. The molecular formula is C17H27N3O2S. The largest absolute Gasteiger partial charge is 0.290 e. The summed E-state index contributed by atoms with van der Waals surface area (Å²) in [6, 6.07) is 0.247. The number of nitrogens with zero attached hydrogens (tertiary/aromatic N) is 3. The Morgan fingerprint density at radius 2 is 1.52 bits per heavy atom. The molecule has 0 atom stereocenters. The van der Waals surface area contributed by atoms with Crippen LogP contribution in [0.1, 0.15) is 59.3 Å². The van der Waals surface area contributed by atoms with Crippen molar-refractivity contribution in [2.24, 2.45) is 10.9 Å². The van der Waals surface area contributed by atoms with Gasteiger partial charge in [-0.15, -0.1) is 0 Å². The smallest absolute Gasteiger partial charge is 0.247 e. The highest BCUT2D eigenvalue weighted by Gasteiger charge is 2.44. The molecule has 0 radical (unpaired) electrons. The number of thiocarbonyl (C=S) groups is 1. The van der Waals surface area contributed by atoms with Crippen LogP contribution in [0.15, 0.2) is 4.99 Å². The van der Waals surface area contributed by atoms with Gasteiger partial charge in [0, 0.05) is 24.8 Å². The number of rotatable bonds is 4. The van der Waals surface area contributed by atoms with Crippen LogP contribution in [-0.2, 0) is 9.59 Å². The highest BCUT2D eigenvalue weighted by atomic mass is 32.1. The lowest BCUT2D eigenvalue weighted by atomic mass is 9.97. The van der Waals surface area contributed by atoms with Crippen LogP contribution < -0.4 is 0 Å². The van der Waals surface area contributed by atoms with Crippen molar-refractivity contribution in [2.45, 2.75) is 65.3 Å². The van der Waals surface area contributed by atoms with Crippen LogP contribution in [0.3, 0.4) is 0 Å². The van der Waals surface area contributed by atoms with Crippen molar-refractivity contribution in [3.8, 4) is 0 Å². The molecule has 0 spiro atoms. The van der Waals surface area contributed by atoms with E-state index in [2.05, 4.69) is 0 Å². The first-order valence-electron chi connectivity index (χ1n) is 8.72. The molecule has 1 heterocycles. The van der Waals surface area contributed by atoms with Crippen molar-refractivity contribution >= 4 is 34.9 Å². The Kier molecular flexibility index (Phi) is 6.27. The molecule has 0 aromatic carbocycles. The monoisotopic (exact) mass is 337 g/mol. The van der Waals surface area contributed by atoms with Crippen molar-refractivity contribution in [3.05, 3.63) is 0 Å². The minimum atomic E-state index is -0.801. The molecule has 2 aliphatic rings. The summed E-state index contributed by atoms with van der Waals surface area (Å²) < 4.78 is 0. The normalized spacial score (nSPS) is 22.7. The second-order valence-electron chi connectivity index (χ2n) is 6.30. The van der Waals surface area contributed by atoms with Gasteiger partial charge >= 0.3 is 0 Å². The zero-order valence-corrected chi connectivity index (χ0v) is 15.2. The number of aliphatic imine (C=N–C) groups is 1. The van der Waals surface area contributed by atoms with Crippen molar-refractivity contribution in [1.82, 2.24) is 9.80 Å². The maximum Gasteiger partial charge on any atom is 0.247 e. The average molecular weight is 337 g/mol. The van der Waals surface area contributed by atoms with E-state index in [1.807, 2.05) is 20.8 Å². The van der Waals surface area contributed by atoms with Gasteiger partial charge in [0.25, 0.3) is 0 Å². The van der Waals surface area contributed by atoms with E-state index in [-0.39, 0.29) is 17.9 Å². The van der Waals surface area contributed by atoms with Crippen LogP contribution in [0.5, 0.6) is 0 Å². The predicted molar refractivity (Wildman–Crippen MR) is 95.5 cm³/mol. The SMILES string of the molecule is CCN1C(=O)C(C(C)=NC2CCCCCC2)C(=O)N(CC)C1=S. The molecule has 0 unspecified atom stereocenters. The Labute approximate surface area is 144 Å². The number of amides is 2. The summed E-state index contributed by atoms with van der Waals surface area (Å²) in [6.45, 7) is 6.54. The van der Waals surface area contributed by atoms with Crippen molar-refractivity contribution < 1.29 is 9.59 Å². The highest BCUT2D eigenvalue weighted by Crippen LogP contribution is 2.23. The van der Waals surface area contributed by atoms with E-state index < -0.39 is 5.92 Å². The molecule has 2 fully saturated rings. The summed E-state index contributed by atoms with van der Waals surface area (Å²) in [4.78, 5) is 33.2. The van der Waals surface area contributed by atoms with Crippen molar-refractivity contribution in [3.63, 3.8) is 0 Å². The van der Waals surface area contributed by atoms with Crippen LogP contribution >= 0.6 is 12.2 Å². The van der Waals surface area contributed by atoms with Gasteiger partial charge in [-0.25, -0.2) is 0 Å². The molecule has 0 bridgehead atoms. The van der Waals surface area contributed by atoms with Crippen LogP contribution in [0.4, 0.5) is 0 Å². The molecule has 2 amide bonds. The number of hydrogen-bond donors (Lipinski definition) is 0. The van der Waals surface area contributed by atoms with Gasteiger partial charge in [0.1, 0.15) is 0 Å². The fourth-order valence-electron chi connectivity index (χ4n) is 3.44. The second kappa shape index (κ2) is 7.99. The van der Waals surface area contributed by atoms with Gasteiger partial charge < -0.3 is 0 Å². The minimum Gasteiger partial charge on any atom is -0.290 e. The minimum absolute atomic E-state index is 0.220. The zero-order chi connectivity index (χ0) is 17.0. The van der Waals surface area contributed by atoms with Crippen molar-refractivity contribution in [1.29, 1.82) is 0 Å². The topological polar surface area (TPSA) is 53.0 Å². The molecule has 128 valence electrons. The summed E-state index contributed by atoms with van der Waals surface area (Å²) in [6.07, 6.45) is 6.99. The van der Waals surface area contributed by atoms with E-state index >= 15 is 0 Å². The van der Waals surface area contributed by atoms with Crippen LogP contribution in [0, 0.1) is 5.92 Å². The fourth-order valence-corrected chi connectivity index (χ4v) is 3.88. The number of carbonyl (C=O) groups is 2. The van der Waals surface area contributed by atoms with Gasteiger partial charge in [0.05, 0.1) is 0 Å². The third-order valence-corrected chi connectivity index (χ3v) is 5.19. The van der Waals surface area contributed by atoms with Gasteiger partial charge in [-0.05, 0) is 45.8 Å². The summed E-state index contributed by atoms with van der Waals surface area (Å²) in [5.41, 5.74) is 0.645. The van der Waals surface area contributed by atoms with E-state index in [1.165, 1.54) is 35.5 Å². The van der Waals surface area contributed by atoms with E-state index in [0.29, 0.717) is 23.9 Å². The van der Waals surface area contributed by atoms with E-state index in [4.69, 9.17) is 17.2 Å². The molecule has 0 N–H and O–H groups in total. The lowest BCUT2D eigenvalue weighted by Gasteiger charge is -2.38. The molecular weight excluding hydrogens is 310 g/mol. The molecule has 2 rings (SSSR count). The molecule has 1 saturated carbocycles. The van der Waals surface area contributed by atoms with Gasteiger partial charge in [-0.1, -0.05) is 25.7 Å². The number of carbonyl (C=O) groups excluding carboxylic acids is 2. The van der Waals surface area contributed by atoms with Gasteiger partial charge in [0.15, 0.2) is 11.0 Å². The second-order valence-corrected chi connectivity index (χ2v) is 6.66. The van der Waals surface area contributed by atoms with Gasteiger partial charge in [-0.2, -0.15) is 0 Å². The van der Waals surface area contributed by atoms with Crippen molar-refractivity contribution in [2.75, 3.05) is 13.1 Å². The third-order valence-electron chi connectivity index (χ3n) is 4.75. The molecule has 0 aromatic rings. The molecule has 0 aromatic heterocycles. The van der Waals surface area contributed by atoms with Crippen LogP contribution in [0.2, 0.25) is 0 Å². The standard InChI is InChI=1S/C17H27N3O2S/c1-4-19-15(21)14(16(22)20(5-2)17(19)23)12(3)18-13-10-8-6-7-9-11-13/h13-14H,4-11H2,1-3H3. The summed E-state index contributed by atoms with van der Waals surface area (Å²) in [5.74, 6) is -1.24.